The zero-order chi connectivity index (χ0) is 13.8. The third-order valence-corrected chi connectivity index (χ3v) is 2.67. The summed E-state index contributed by atoms with van der Waals surface area (Å²) in [6.07, 6.45) is 1.58. The highest BCUT2D eigenvalue weighted by molar-refractivity contribution is 5.88. The molecule has 19 heavy (non-hydrogen) atoms. The highest BCUT2D eigenvalue weighted by atomic mass is 16.6. The molecule has 0 bridgehead atoms. The number of para-hydroxylation sites is 1. The van der Waals surface area contributed by atoms with Crippen molar-refractivity contribution in [3.63, 3.8) is 0 Å². The Labute approximate surface area is 108 Å². The molecule has 6 nitrogen and oxygen atoms in total. The van der Waals surface area contributed by atoms with E-state index < -0.39 is 10.9 Å². The number of aromatic nitrogens is 1. The van der Waals surface area contributed by atoms with Crippen molar-refractivity contribution in [1.29, 1.82) is 0 Å². The molecule has 0 saturated carbocycles. The number of pyridine rings is 1. The molecule has 1 heterocycles. The Bertz CT molecular complexity index is 585. The van der Waals surface area contributed by atoms with Crippen LogP contribution in [0.15, 0.2) is 42.6 Å². The average Bonchev–Trinajstić information content (AvgIpc) is 2.39. The molecule has 0 saturated heterocycles. The SMILES string of the molecule is O=C(O)c1cccnc1Cc1ccccc1[N+](=O)[O-]. The molecule has 0 unspecified atom stereocenters. The Kier molecular flexibility index (Phi) is 3.51. The number of carbonyl (C=O) groups is 1. The summed E-state index contributed by atoms with van der Waals surface area (Å²) in [5.74, 6) is -1.10. The first-order valence-electron chi connectivity index (χ1n) is 5.49. The number of carboxylic acid groups (broad SMARTS) is 1. The number of benzene rings is 1. The fraction of sp³-hybridized carbons (Fsp3) is 0.0769. The van der Waals surface area contributed by atoms with Crippen LogP contribution in [0, 0.1) is 10.1 Å². The standard InChI is InChI=1S/C13H10N2O4/c16-13(17)10-5-3-7-14-11(10)8-9-4-1-2-6-12(9)15(18)19/h1-7H,8H2,(H,16,17). The normalized spacial score (nSPS) is 10.1. The smallest absolute Gasteiger partial charge is 0.337 e. The molecule has 0 aliphatic carbocycles. The predicted octanol–water partition coefficient (Wildman–Crippen LogP) is 2.28. The van der Waals surface area contributed by atoms with Gasteiger partial charge < -0.3 is 5.11 Å². The summed E-state index contributed by atoms with van der Waals surface area (Å²) >= 11 is 0. The van der Waals surface area contributed by atoms with E-state index >= 15 is 0 Å². The second-order valence-corrected chi connectivity index (χ2v) is 3.87. The zero-order valence-electron chi connectivity index (χ0n) is 9.81. The quantitative estimate of drug-likeness (QED) is 0.670. The van der Waals surface area contributed by atoms with Gasteiger partial charge in [-0.05, 0) is 12.1 Å². The van der Waals surface area contributed by atoms with Crippen molar-refractivity contribution >= 4 is 11.7 Å². The molecule has 1 N–H and O–H groups in total. The number of hydrogen-bond donors (Lipinski definition) is 1. The maximum absolute atomic E-state index is 11.1. The van der Waals surface area contributed by atoms with Crippen molar-refractivity contribution in [2.75, 3.05) is 0 Å². The number of nitro groups is 1. The van der Waals surface area contributed by atoms with Crippen LogP contribution in [-0.2, 0) is 6.42 Å². The van der Waals surface area contributed by atoms with E-state index in [9.17, 15) is 14.9 Å². The van der Waals surface area contributed by atoms with Crippen LogP contribution in [0.3, 0.4) is 0 Å². The summed E-state index contributed by atoms with van der Waals surface area (Å²) in [5, 5.41) is 19.9. The van der Waals surface area contributed by atoms with Gasteiger partial charge in [0.2, 0.25) is 0 Å². The van der Waals surface area contributed by atoms with Gasteiger partial charge in [-0.3, -0.25) is 15.1 Å². The molecule has 0 spiro atoms. The second kappa shape index (κ2) is 5.26. The molecule has 0 aliphatic rings. The summed E-state index contributed by atoms with van der Waals surface area (Å²) in [4.78, 5) is 25.5. The minimum Gasteiger partial charge on any atom is -0.478 e. The number of hydrogen-bond acceptors (Lipinski definition) is 4. The van der Waals surface area contributed by atoms with Crippen LogP contribution in [0.1, 0.15) is 21.6 Å². The lowest BCUT2D eigenvalue weighted by atomic mass is 10.0. The molecule has 0 aliphatic heterocycles. The Balaban J connectivity index is 2.42. The van der Waals surface area contributed by atoms with Crippen molar-refractivity contribution in [3.05, 3.63) is 69.5 Å². The van der Waals surface area contributed by atoms with Crippen LogP contribution < -0.4 is 0 Å². The topological polar surface area (TPSA) is 93.3 Å². The summed E-state index contributed by atoms with van der Waals surface area (Å²) in [7, 11) is 0. The monoisotopic (exact) mass is 258 g/mol. The molecule has 96 valence electrons. The Hall–Kier alpha value is -2.76. The van der Waals surface area contributed by atoms with Crippen molar-refractivity contribution in [2.24, 2.45) is 0 Å². The largest absolute Gasteiger partial charge is 0.478 e. The summed E-state index contributed by atoms with van der Waals surface area (Å²) in [6, 6.07) is 9.17. The number of nitrogens with zero attached hydrogens (tertiary/aromatic N) is 2. The van der Waals surface area contributed by atoms with Crippen molar-refractivity contribution < 1.29 is 14.8 Å². The van der Waals surface area contributed by atoms with Crippen molar-refractivity contribution in [2.45, 2.75) is 6.42 Å². The highest BCUT2D eigenvalue weighted by Gasteiger charge is 2.17. The Morgan fingerprint density at radius 3 is 2.68 bits per heavy atom. The first-order valence-corrected chi connectivity index (χ1v) is 5.49. The molecule has 0 radical (unpaired) electrons. The van der Waals surface area contributed by atoms with E-state index in [-0.39, 0.29) is 17.7 Å². The number of carboxylic acids is 1. The Morgan fingerprint density at radius 2 is 2.00 bits per heavy atom. The first-order chi connectivity index (χ1) is 9.09. The van der Waals surface area contributed by atoms with Crippen LogP contribution >= 0.6 is 0 Å². The zero-order valence-corrected chi connectivity index (χ0v) is 9.81. The van der Waals surface area contributed by atoms with E-state index in [1.807, 2.05) is 0 Å². The van der Waals surface area contributed by atoms with Gasteiger partial charge in [0.25, 0.3) is 5.69 Å². The molecular weight excluding hydrogens is 248 g/mol. The van der Waals surface area contributed by atoms with Crippen LogP contribution in [-0.4, -0.2) is 21.0 Å². The van der Waals surface area contributed by atoms with Gasteiger partial charge in [-0.2, -0.15) is 0 Å². The Morgan fingerprint density at radius 1 is 1.26 bits per heavy atom. The van der Waals surface area contributed by atoms with Crippen LogP contribution in [0.5, 0.6) is 0 Å². The van der Waals surface area contributed by atoms with Gasteiger partial charge in [-0.1, -0.05) is 18.2 Å². The average molecular weight is 258 g/mol. The van der Waals surface area contributed by atoms with E-state index in [1.165, 1.54) is 24.4 Å². The van der Waals surface area contributed by atoms with Crippen molar-refractivity contribution in [3.8, 4) is 0 Å². The van der Waals surface area contributed by atoms with Gasteiger partial charge in [0, 0.05) is 24.2 Å². The molecule has 0 fully saturated rings. The molecule has 1 aromatic carbocycles. The van der Waals surface area contributed by atoms with E-state index in [2.05, 4.69) is 4.98 Å². The fourth-order valence-corrected chi connectivity index (χ4v) is 1.79. The fourth-order valence-electron chi connectivity index (χ4n) is 1.79. The number of aromatic carboxylic acids is 1. The van der Waals surface area contributed by atoms with Gasteiger partial charge in [-0.15, -0.1) is 0 Å². The predicted molar refractivity (Wildman–Crippen MR) is 67.1 cm³/mol. The molecular formula is C13H10N2O4. The third kappa shape index (κ3) is 2.74. The van der Waals surface area contributed by atoms with Gasteiger partial charge in [-0.25, -0.2) is 4.79 Å². The minimum atomic E-state index is -1.10. The molecule has 2 aromatic rings. The minimum absolute atomic E-state index is 0.0375. The molecule has 6 heteroatoms. The number of rotatable bonds is 4. The van der Waals surface area contributed by atoms with Gasteiger partial charge in [0.15, 0.2) is 0 Å². The van der Waals surface area contributed by atoms with Gasteiger partial charge in [0.05, 0.1) is 16.2 Å². The molecule has 0 atom stereocenters. The number of nitro benzene ring substituents is 1. The second-order valence-electron chi connectivity index (χ2n) is 3.87. The maximum Gasteiger partial charge on any atom is 0.337 e. The van der Waals surface area contributed by atoms with Crippen LogP contribution in [0.2, 0.25) is 0 Å². The maximum atomic E-state index is 11.1. The lowest BCUT2D eigenvalue weighted by Gasteiger charge is -2.05. The summed E-state index contributed by atoms with van der Waals surface area (Å²) < 4.78 is 0. The lowest BCUT2D eigenvalue weighted by Crippen LogP contribution is -2.06. The van der Waals surface area contributed by atoms with Crippen LogP contribution in [0.25, 0.3) is 0 Å². The van der Waals surface area contributed by atoms with E-state index in [0.29, 0.717) is 11.3 Å². The first kappa shape index (κ1) is 12.7. The van der Waals surface area contributed by atoms with Gasteiger partial charge in [0.1, 0.15) is 0 Å². The molecule has 2 rings (SSSR count). The third-order valence-electron chi connectivity index (χ3n) is 2.67. The lowest BCUT2D eigenvalue weighted by molar-refractivity contribution is -0.385. The molecule has 0 amide bonds. The van der Waals surface area contributed by atoms with Gasteiger partial charge >= 0.3 is 5.97 Å². The molecule has 1 aromatic heterocycles. The summed E-state index contributed by atoms with van der Waals surface area (Å²) in [6.45, 7) is 0. The summed E-state index contributed by atoms with van der Waals surface area (Å²) in [5.41, 5.74) is 0.767. The van der Waals surface area contributed by atoms with E-state index in [4.69, 9.17) is 5.11 Å². The van der Waals surface area contributed by atoms with E-state index in [1.54, 1.807) is 18.2 Å². The van der Waals surface area contributed by atoms with Crippen LogP contribution in [0.4, 0.5) is 5.69 Å². The highest BCUT2D eigenvalue weighted by Crippen LogP contribution is 2.21. The van der Waals surface area contributed by atoms with Crippen molar-refractivity contribution in [1.82, 2.24) is 4.98 Å². The van der Waals surface area contributed by atoms with E-state index in [0.717, 1.165) is 0 Å².